The topological polar surface area (TPSA) is 77.0 Å². The van der Waals surface area contributed by atoms with E-state index >= 15 is 0 Å². The first-order chi connectivity index (χ1) is 12.7. The van der Waals surface area contributed by atoms with E-state index in [4.69, 9.17) is 4.74 Å². The smallest absolute Gasteiger partial charge is 0.258 e. The number of anilines is 1. The molecule has 0 aliphatic rings. The fourth-order valence-corrected chi connectivity index (χ4v) is 3.28. The van der Waals surface area contributed by atoms with Crippen molar-refractivity contribution < 1.29 is 9.53 Å². The molecule has 0 aliphatic carbocycles. The van der Waals surface area contributed by atoms with E-state index in [-0.39, 0.29) is 5.91 Å². The van der Waals surface area contributed by atoms with Crippen molar-refractivity contribution in [2.45, 2.75) is 0 Å². The molecule has 4 aromatic rings. The van der Waals surface area contributed by atoms with Gasteiger partial charge in [0.2, 0.25) is 0 Å². The largest absolute Gasteiger partial charge is 0.497 e. The average Bonchev–Trinajstić information content (AvgIpc) is 3.16. The second-order valence-electron chi connectivity index (χ2n) is 5.45. The molecule has 1 aromatic carbocycles. The highest BCUT2D eigenvalue weighted by atomic mass is 32.1. The molecular formula is C19H14N4O2S. The predicted molar refractivity (Wildman–Crippen MR) is 102 cm³/mol. The number of hydrogen-bond donors (Lipinski definition) is 1. The molecule has 1 N–H and O–H groups in total. The van der Waals surface area contributed by atoms with Gasteiger partial charge in [-0.25, -0.2) is 4.98 Å². The number of carbonyl (C=O) groups is 1. The Hall–Kier alpha value is -3.32. The summed E-state index contributed by atoms with van der Waals surface area (Å²) in [5, 5.41) is 5.96. The standard InChI is InChI=1S/C19H14N4O2S/c1-25-12-5-6-15-14(10-12)13(7-9-21-15)18(24)23-19-22-17(11-26-19)16-4-2-3-8-20-16/h2-11H,1H3,(H,22,23,24). The van der Waals surface area contributed by atoms with Gasteiger partial charge in [0.05, 0.1) is 23.9 Å². The molecular weight excluding hydrogens is 348 g/mol. The van der Waals surface area contributed by atoms with Gasteiger partial charge in [-0.15, -0.1) is 11.3 Å². The van der Waals surface area contributed by atoms with E-state index in [1.807, 2.05) is 35.7 Å². The molecule has 6 nitrogen and oxygen atoms in total. The quantitative estimate of drug-likeness (QED) is 0.593. The van der Waals surface area contributed by atoms with Crippen LogP contribution in [0.2, 0.25) is 0 Å². The van der Waals surface area contributed by atoms with Crippen LogP contribution in [0, 0.1) is 0 Å². The van der Waals surface area contributed by atoms with Crippen molar-refractivity contribution in [3.63, 3.8) is 0 Å². The van der Waals surface area contributed by atoms with Crippen LogP contribution in [0.25, 0.3) is 22.3 Å². The van der Waals surface area contributed by atoms with Crippen LogP contribution in [0.3, 0.4) is 0 Å². The van der Waals surface area contributed by atoms with E-state index < -0.39 is 0 Å². The summed E-state index contributed by atoms with van der Waals surface area (Å²) in [6.07, 6.45) is 3.33. The first kappa shape index (κ1) is 16.2. The third-order valence-electron chi connectivity index (χ3n) is 3.85. The Balaban J connectivity index is 1.63. The Bertz CT molecular complexity index is 1080. The van der Waals surface area contributed by atoms with Gasteiger partial charge in [0.1, 0.15) is 11.4 Å². The molecule has 0 saturated carbocycles. The third kappa shape index (κ3) is 3.12. The Kier molecular flexibility index (Phi) is 4.28. The van der Waals surface area contributed by atoms with Crippen molar-refractivity contribution in [3.05, 3.63) is 65.8 Å². The van der Waals surface area contributed by atoms with Crippen LogP contribution in [0.15, 0.2) is 60.2 Å². The number of nitrogens with one attached hydrogen (secondary N) is 1. The van der Waals surface area contributed by atoms with E-state index in [2.05, 4.69) is 20.3 Å². The molecule has 1 amide bonds. The van der Waals surface area contributed by atoms with Gasteiger partial charge in [0.25, 0.3) is 5.91 Å². The molecule has 0 unspecified atom stereocenters. The number of pyridine rings is 2. The minimum atomic E-state index is -0.243. The maximum atomic E-state index is 12.7. The van der Waals surface area contributed by atoms with E-state index in [1.165, 1.54) is 11.3 Å². The van der Waals surface area contributed by atoms with Crippen molar-refractivity contribution in [1.29, 1.82) is 0 Å². The number of methoxy groups -OCH3 is 1. The van der Waals surface area contributed by atoms with Gasteiger partial charge in [-0.05, 0) is 36.4 Å². The molecule has 0 atom stereocenters. The number of carbonyl (C=O) groups excluding carboxylic acids is 1. The maximum absolute atomic E-state index is 12.7. The van der Waals surface area contributed by atoms with Gasteiger partial charge in [-0.2, -0.15) is 0 Å². The Morgan fingerprint density at radius 2 is 2.00 bits per heavy atom. The Labute approximate surface area is 153 Å². The number of benzene rings is 1. The second kappa shape index (κ2) is 6.89. The molecule has 3 heterocycles. The Morgan fingerprint density at radius 1 is 1.08 bits per heavy atom. The van der Waals surface area contributed by atoms with E-state index in [1.54, 1.807) is 31.6 Å². The van der Waals surface area contributed by atoms with Gasteiger partial charge >= 0.3 is 0 Å². The number of amides is 1. The van der Waals surface area contributed by atoms with Gasteiger partial charge in [-0.1, -0.05) is 6.07 Å². The second-order valence-corrected chi connectivity index (χ2v) is 6.31. The summed E-state index contributed by atoms with van der Waals surface area (Å²) in [5.74, 6) is 0.429. The minimum absolute atomic E-state index is 0.243. The summed E-state index contributed by atoms with van der Waals surface area (Å²) in [6.45, 7) is 0. The monoisotopic (exact) mass is 362 g/mol. The SMILES string of the molecule is COc1ccc2nccc(C(=O)Nc3nc(-c4ccccn4)cs3)c2c1. The Morgan fingerprint density at radius 3 is 2.81 bits per heavy atom. The van der Waals surface area contributed by atoms with E-state index in [0.717, 1.165) is 22.3 Å². The third-order valence-corrected chi connectivity index (χ3v) is 4.60. The summed E-state index contributed by atoms with van der Waals surface area (Å²) < 4.78 is 5.25. The lowest BCUT2D eigenvalue weighted by Crippen LogP contribution is -2.12. The molecule has 0 aliphatic heterocycles. The number of thiazole rings is 1. The molecule has 4 rings (SSSR count). The number of fused-ring (bicyclic) bond motifs is 1. The summed E-state index contributed by atoms with van der Waals surface area (Å²) in [5.41, 5.74) is 2.74. The molecule has 0 fully saturated rings. The maximum Gasteiger partial charge on any atom is 0.258 e. The zero-order valence-electron chi connectivity index (χ0n) is 13.8. The summed E-state index contributed by atoms with van der Waals surface area (Å²) >= 11 is 1.36. The fourth-order valence-electron chi connectivity index (χ4n) is 2.58. The average molecular weight is 362 g/mol. The summed E-state index contributed by atoms with van der Waals surface area (Å²) in [6, 6.07) is 12.8. The number of nitrogens with zero attached hydrogens (tertiary/aromatic N) is 3. The molecule has 7 heteroatoms. The van der Waals surface area contributed by atoms with Crippen LogP contribution in [0.1, 0.15) is 10.4 Å². The van der Waals surface area contributed by atoms with Crippen molar-refractivity contribution >= 4 is 33.3 Å². The highest BCUT2D eigenvalue weighted by Gasteiger charge is 2.14. The van der Waals surface area contributed by atoms with Gasteiger partial charge in [0, 0.05) is 23.2 Å². The molecule has 26 heavy (non-hydrogen) atoms. The lowest BCUT2D eigenvalue weighted by Gasteiger charge is -2.07. The fraction of sp³-hybridized carbons (Fsp3) is 0.0526. The molecule has 0 bridgehead atoms. The molecule has 0 saturated heterocycles. The zero-order valence-corrected chi connectivity index (χ0v) is 14.7. The molecule has 0 radical (unpaired) electrons. The minimum Gasteiger partial charge on any atom is -0.497 e. The normalized spacial score (nSPS) is 10.7. The van der Waals surface area contributed by atoms with Crippen molar-refractivity contribution in [1.82, 2.24) is 15.0 Å². The van der Waals surface area contributed by atoms with Gasteiger partial charge in [-0.3, -0.25) is 20.1 Å². The predicted octanol–water partition coefficient (Wildman–Crippen LogP) is 4.01. The number of ether oxygens (including phenoxy) is 1. The summed E-state index contributed by atoms with van der Waals surface area (Å²) in [4.78, 5) is 25.8. The zero-order chi connectivity index (χ0) is 17.9. The van der Waals surface area contributed by atoms with Crippen molar-refractivity contribution in [2.24, 2.45) is 0 Å². The van der Waals surface area contributed by atoms with Crippen LogP contribution < -0.4 is 10.1 Å². The highest BCUT2D eigenvalue weighted by Crippen LogP contribution is 2.26. The van der Waals surface area contributed by atoms with Crippen LogP contribution in [0.4, 0.5) is 5.13 Å². The van der Waals surface area contributed by atoms with Crippen LogP contribution >= 0.6 is 11.3 Å². The lowest BCUT2D eigenvalue weighted by molar-refractivity contribution is 0.102. The number of rotatable bonds is 4. The first-order valence-electron chi connectivity index (χ1n) is 7.85. The van der Waals surface area contributed by atoms with Crippen molar-refractivity contribution in [2.75, 3.05) is 12.4 Å². The number of hydrogen-bond acceptors (Lipinski definition) is 6. The lowest BCUT2D eigenvalue weighted by atomic mass is 10.1. The first-order valence-corrected chi connectivity index (χ1v) is 8.73. The van der Waals surface area contributed by atoms with Crippen LogP contribution in [-0.4, -0.2) is 28.0 Å². The van der Waals surface area contributed by atoms with E-state index in [0.29, 0.717) is 16.4 Å². The van der Waals surface area contributed by atoms with Crippen LogP contribution in [0.5, 0.6) is 5.75 Å². The molecule has 128 valence electrons. The van der Waals surface area contributed by atoms with Crippen molar-refractivity contribution in [3.8, 4) is 17.1 Å². The highest BCUT2D eigenvalue weighted by molar-refractivity contribution is 7.14. The van der Waals surface area contributed by atoms with Gasteiger partial charge in [0.15, 0.2) is 5.13 Å². The molecule has 0 spiro atoms. The molecule has 3 aromatic heterocycles. The number of aromatic nitrogens is 3. The van der Waals surface area contributed by atoms with Crippen LogP contribution in [-0.2, 0) is 0 Å². The summed E-state index contributed by atoms with van der Waals surface area (Å²) in [7, 11) is 1.59. The van der Waals surface area contributed by atoms with E-state index in [9.17, 15) is 4.79 Å². The van der Waals surface area contributed by atoms with Gasteiger partial charge < -0.3 is 4.74 Å².